The van der Waals surface area contributed by atoms with E-state index in [1.54, 1.807) is 32.4 Å². The molecule has 0 aliphatic heterocycles. The number of hydrogen-bond acceptors (Lipinski definition) is 6. The van der Waals surface area contributed by atoms with Crippen molar-refractivity contribution in [3.8, 4) is 0 Å². The minimum Gasteiger partial charge on any atom is -0.468 e. The molecule has 1 N–H and O–H groups in total. The lowest BCUT2D eigenvalue weighted by molar-refractivity contribution is -0.141. The number of methoxy groups -OCH3 is 1. The Hall–Kier alpha value is -1.35. The predicted molar refractivity (Wildman–Crippen MR) is 67.5 cm³/mol. The van der Waals surface area contributed by atoms with Crippen LogP contribution in [0.25, 0.3) is 0 Å². The molecule has 0 aliphatic rings. The molecule has 8 nitrogen and oxygen atoms in total. The fourth-order valence-electron chi connectivity index (χ4n) is 1.14. The second kappa shape index (κ2) is 7.29. The van der Waals surface area contributed by atoms with Gasteiger partial charge in [0.2, 0.25) is 0 Å². The van der Waals surface area contributed by atoms with Gasteiger partial charge in [0.1, 0.15) is 6.54 Å². The molecule has 1 amide bonds. The largest absolute Gasteiger partial charge is 0.468 e. The molecule has 0 aromatic carbocycles. The van der Waals surface area contributed by atoms with Crippen molar-refractivity contribution >= 4 is 22.3 Å². The molecule has 0 fully saturated rings. The summed E-state index contributed by atoms with van der Waals surface area (Å²) in [5, 5.41) is 0. The first-order chi connectivity index (χ1) is 8.60. The van der Waals surface area contributed by atoms with Crippen molar-refractivity contribution < 1.29 is 27.5 Å². The van der Waals surface area contributed by atoms with Crippen molar-refractivity contribution in [2.45, 2.75) is 39.8 Å². The predicted octanol–water partition coefficient (Wildman–Crippen LogP) is 0.249. The molecular formula is C10H20N2O6S. The minimum atomic E-state index is -4.16. The maximum Gasteiger partial charge on any atom is 0.422 e. The SMILES string of the molecule is COC(=O)CN(C(C)C)S(=O)(=O)NC(=O)OC(C)C. The van der Waals surface area contributed by atoms with Gasteiger partial charge >= 0.3 is 22.3 Å². The van der Waals surface area contributed by atoms with Gasteiger partial charge in [-0.3, -0.25) is 4.79 Å². The second-order valence-corrected chi connectivity index (χ2v) is 5.90. The van der Waals surface area contributed by atoms with Crippen LogP contribution in [0, 0.1) is 0 Å². The number of rotatable bonds is 6. The Kier molecular flexibility index (Phi) is 6.77. The average Bonchev–Trinajstić information content (AvgIpc) is 2.22. The molecule has 112 valence electrons. The lowest BCUT2D eigenvalue weighted by Gasteiger charge is -2.24. The molecule has 0 radical (unpaired) electrons. The Morgan fingerprint density at radius 3 is 2.11 bits per heavy atom. The zero-order valence-corrected chi connectivity index (χ0v) is 12.5. The van der Waals surface area contributed by atoms with Crippen LogP contribution in [0.2, 0.25) is 0 Å². The fourth-order valence-corrected chi connectivity index (χ4v) is 2.35. The number of nitrogens with zero attached hydrogens (tertiary/aromatic N) is 1. The van der Waals surface area contributed by atoms with Crippen molar-refractivity contribution in [3.05, 3.63) is 0 Å². The minimum absolute atomic E-state index is 0.455. The van der Waals surface area contributed by atoms with Crippen molar-refractivity contribution in [1.82, 2.24) is 9.03 Å². The van der Waals surface area contributed by atoms with E-state index >= 15 is 0 Å². The van der Waals surface area contributed by atoms with Crippen LogP contribution in [0.5, 0.6) is 0 Å². The number of carbonyl (C=O) groups is 2. The Morgan fingerprint density at radius 2 is 1.74 bits per heavy atom. The van der Waals surface area contributed by atoms with Gasteiger partial charge in [-0.2, -0.15) is 12.7 Å². The molecule has 0 aromatic rings. The van der Waals surface area contributed by atoms with Crippen molar-refractivity contribution in [2.75, 3.05) is 13.7 Å². The van der Waals surface area contributed by atoms with Gasteiger partial charge in [0, 0.05) is 6.04 Å². The highest BCUT2D eigenvalue weighted by Crippen LogP contribution is 2.06. The molecular weight excluding hydrogens is 276 g/mol. The van der Waals surface area contributed by atoms with Gasteiger partial charge in [0.25, 0.3) is 0 Å². The fraction of sp³-hybridized carbons (Fsp3) is 0.800. The zero-order valence-electron chi connectivity index (χ0n) is 11.7. The second-order valence-electron chi connectivity index (χ2n) is 4.28. The Bertz CT molecular complexity index is 418. The summed E-state index contributed by atoms with van der Waals surface area (Å²) in [7, 11) is -3.02. The van der Waals surface area contributed by atoms with E-state index in [4.69, 9.17) is 0 Å². The van der Waals surface area contributed by atoms with Crippen LogP contribution in [0.1, 0.15) is 27.7 Å². The van der Waals surface area contributed by atoms with Gasteiger partial charge in [0.05, 0.1) is 13.2 Å². The molecule has 0 atom stereocenters. The Morgan fingerprint density at radius 1 is 1.21 bits per heavy atom. The molecule has 0 unspecified atom stereocenters. The number of amides is 1. The van der Waals surface area contributed by atoms with E-state index in [0.717, 1.165) is 11.4 Å². The van der Waals surface area contributed by atoms with E-state index in [9.17, 15) is 18.0 Å². The quantitative estimate of drug-likeness (QED) is 0.705. The molecule has 0 saturated heterocycles. The molecule has 0 aliphatic carbocycles. The first-order valence-electron chi connectivity index (χ1n) is 5.67. The van der Waals surface area contributed by atoms with Gasteiger partial charge in [-0.25, -0.2) is 9.52 Å². The summed E-state index contributed by atoms with van der Waals surface area (Å²) in [5.74, 6) is -0.726. The molecule has 19 heavy (non-hydrogen) atoms. The first kappa shape index (κ1) is 17.6. The summed E-state index contributed by atoms with van der Waals surface area (Å²) >= 11 is 0. The van der Waals surface area contributed by atoms with Gasteiger partial charge in [-0.1, -0.05) is 0 Å². The molecule has 0 rings (SSSR count). The summed E-state index contributed by atoms with van der Waals surface area (Å²) in [6.07, 6.45) is -1.55. The molecule has 0 saturated carbocycles. The molecule has 0 bridgehead atoms. The van der Waals surface area contributed by atoms with Crippen LogP contribution in [-0.2, 0) is 24.5 Å². The van der Waals surface area contributed by atoms with Crippen LogP contribution in [0.15, 0.2) is 0 Å². The average molecular weight is 296 g/mol. The summed E-state index contributed by atoms with van der Waals surface area (Å²) < 4.78 is 35.5. The summed E-state index contributed by atoms with van der Waals surface area (Å²) in [4.78, 5) is 22.5. The normalized spacial score (nSPS) is 11.8. The Labute approximate surface area is 113 Å². The number of carbonyl (C=O) groups excluding carboxylic acids is 2. The Balaban J connectivity index is 4.90. The number of esters is 1. The van der Waals surface area contributed by atoms with E-state index in [1.807, 2.05) is 0 Å². The number of hydrogen-bond donors (Lipinski definition) is 1. The van der Waals surface area contributed by atoms with Gasteiger partial charge in [-0.05, 0) is 27.7 Å². The third kappa shape index (κ3) is 6.39. The monoisotopic (exact) mass is 296 g/mol. The van der Waals surface area contributed by atoms with Gasteiger partial charge < -0.3 is 9.47 Å². The lowest BCUT2D eigenvalue weighted by Crippen LogP contribution is -2.49. The van der Waals surface area contributed by atoms with E-state index < -0.39 is 41.0 Å². The van der Waals surface area contributed by atoms with Crippen molar-refractivity contribution in [3.63, 3.8) is 0 Å². The maximum atomic E-state index is 11.9. The zero-order chi connectivity index (χ0) is 15.2. The summed E-state index contributed by atoms with van der Waals surface area (Å²) in [6.45, 7) is 5.81. The summed E-state index contributed by atoms with van der Waals surface area (Å²) in [6, 6.07) is -0.525. The smallest absolute Gasteiger partial charge is 0.422 e. The molecule has 0 aromatic heterocycles. The molecule has 0 spiro atoms. The lowest BCUT2D eigenvalue weighted by atomic mass is 10.4. The van der Waals surface area contributed by atoms with E-state index in [-0.39, 0.29) is 0 Å². The third-order valence-electron chi connectivity index (χ3n) is 1.95. The van der Waals surface area contributed by atoms with Crippen molar-refractivity contribution in [1.29, 1.82) is 0 Å². The topological polar surface area (TPSA) is 102 Å². The first-order valence-corrected chi connectivity index (χ1v) is 7.11. The van der Waals surface area contributed by atoms with Crippen LogP contribution >= 0.6 is 0 Å². The van der Waals surface area contributed by atoms with E-state index in [0.29, 0.717) is 0 Å². The van der Waals surface area contributed by atoms with E-state index in [2.05, 4.69) is 9.47 Å². The summed E-state index contributed by atoms with van der Waals surface area (Å²) in [5.41, 5.74) is 0. The molecule has 0 heterocycles. The highest BCUT2D eigenvalue weighted by atomic mass is 32.2. The third-order valence-corrected chi connectivity index (χ3v) is 3.55. The van der Waals surface area contributed by atoms with Crippen LogP contribution in [0.3, 0.4) is 0 Å². The number of nitrogens with one attached hydrogen (secondary N) is 1. The van der Waals surface area contributed by atoms with Crippen LogP contribution in [0.4, 0.5) is 4.79 Å². The highest BCUT2D eigenvalue weighted by molar-refractivity contribution is 7.87. The van der Waals surface area contributed by atoms with Crippen LogP contribution in [-0.4, -0.2) is 50.6 Å². The highest BCUT2D eigenvalue weighted by Gasteiger charge is 2.29. The van der Waals surface area contributed by atoms with Gasteiger partial charge in [0.15, 0.2) is 0 Å². The standard InChI is InChI=1S/C10H20N2O6S/c1-7(2)12(6-9(13)17-5)19(15,16)11-10(14)18-8(3)4/h7-8H,6H2,1-5H3,(H,11,14). The van der Waals surface area contributed by atoms with Crippen LogP contribution < -0.4 is 4.72 Å². The van der Waals surface area contributed by atoms with Crippen molar-refractivity contribution in [2.24, 2.45) is 0 Å². The molecule has 9 heteroatoms. The van der Waals surface area contributed by atoms with Gasteiger partial charge in [-0.15, -0.1) is 0 Å². The van der Waals surface area contributed by atoms with E-state index in [1.165, 1.54) is 0 Å². The number of ether oxygens (including phenoxy) is 2. The maximum absolute atomic E-state index is 11.9.